The number of aliphatic imine (C=N–C) groups is 2. The molecule has 0 heterocycles. The molecule has 0 aliphatic carbocycles. The van der Waals surface area contributed by atoms with E-state index in [1.165, 1.54) is 0 Å². The lowest BCUT2D eigenvalue weighted by Gasteiger charge is -2.24. The normalized spacial score (nSPS) is 13.7. The molecule has 0 aromatic heterocycles. The molecule has 37 heavy (non-hydrogen) atoms. The Bertz CT molecular complexity index is 857. The second kappa shape index (κ2) is 17.3. The minimum absolute atomic E-state index is 0.0618. The van der Waals surface area contributed by atoms with Crippen LogP contribution in [0.1, 0.15) is 32.1 Å². The maximum atomic E-state index is 12.7. The molecule has 0 rings (SSSR count). The molecule has 4 atom stereocenters. The summed E-state index contributed by atoms with van der Waals surface area (Å²) in [6.45, 7) is -0.516. The highest BCUT2D eigenvalue weighted by Gasteiger charge is 2.30. The van der Waals surface area contributed by atoms with Crippen molar-refractivity contribution in [2.75, 3.05) is 19.7 Å². The van der Waals surface area contributed by atoms with Gasteiger partial charge in [0, 0.05) is 13.1 Å². The molecule has 0 aromatic rings. The van der Waals surface area contributed by atoms with E-state index in [0.717, 1.165) is 0 Å². The fourth-order valence-electron chi connectivity index (χ4n) is 2.84. The molecule has 0 spiro atoms. The average molecular weight is 532 g/mol. The van der Waals surface area contributed by atoms with Crippen LogP contribution in [0.15, 0.2) is 9.98 Å². The maximum absolute atomic E-state index is 12.7. The monoisotopic (exact) mass is 531 g/mol. The summed E-state index contributed by atoms with van der Waals surface area (Å²) >= 11 is 0. The highest BCUT2D eigenvalue weighted by molar-refractivity contribution is 5.94. The Morgan fingerprint density at radius 1 is 0.703 bits per heavy atom. The highest BCUT2D eigenvalue weighted by atomic mass is 16.4. The number of carboxylic acids is 1. The summed E-state index contributed by atoms with van der Waals surface area (Å²) in [5.41, 5.74) is 31.7. The van der Waals surface area contributed by atoms with Crippen LogP contribution in [0.4, 0.5) is 0 Å². The molecule has 0 saturated carbocycles. The molecule has 0 saturated heterocycles. The van der Waals surface area contributed by atoms with Crippen LogP contribution < -0.4 is 50.4 Å². The predicted octanol–water partition coefficient (Wildman–Crippen LogP) is -6.17. The molecule has 4 unspecified atom stereocenters. The lowest BCUT2D eigenvalue weighted by atomic mass is 10.1. The Hall–Kier alpha value is -4.19. The zero-order chi connectivity index (χ0) is 28.5. The first-order valence-corrected chi connectivity index (χ1v) is 11.2. The van der Waals surface area contributed by atoms with Crippen LogP contribution >= 0.6 is 0 Å². The van der Waals surface area contributed by atoms with Crippen molar-refractivity contribution in [2.24, 2.45) is 44.4 Å². The summed E-state index contributed by atoms with van der Waals surface area (Å²) in [6, 6.07) is -5.51. The van der Waals surface area contributed by atoms with Gasteiger partial charge in [-0.15, -0.1) is 0 Å². The van der Waals surface area contributed by atoms with Crippen LogP contribution in [-0.4, -0.2) is 95.6 Å². The van der Waals surface area contributed by atoms with Gasteiger partial charge in [-0.1, -0.05) is 0 Å². The lowest BCUT2D eigenvalue weighted by molar-refractivity contribution is -0.143. The molecule has 18 nitrogen and oxygen atoms in total. The Balaban J connectivity index is 5.33. The van der Waals surface area contributed by atoms with Gasteiger partial charge in [-0.2, -0.15) is 0 Å². The van der Waals surface area contributed by atoms with Crippen LogP contribution in [-0.2, 0) is 24.0 Å². The molecular weight excluding hydrogens is 494 g/mol. The number of aliphatic hydroxyl groups is 1. The van der Waals surface area contributed by atoms with E-state index in [-0.39, 0.29) is 44.3 Å². The van der Waals surface area contributed by atoms with Crippen molar-refractivity contribution >= 4 is 41.5 Å². The van der Waals surface area contributed by atoms with Crippen LogP contribution in [0.5, 0.6) is 0 Å². The summed E-state index contributed by atoms with van der Waals surface area (Å²) in [4.78, 5) is 67.7. The van der Waals surface area contributed by atoms with Gasteiger partial charge in [0.15, 0.2) is 11.9 Å². The summed E-state index contributed by atoms with van der Waals surface area (Å²) in [7, 11) is 0. The van der Waals surface area contributed by atoms with Gasteiger partial charge in [0.2, 0.25) is 23.6 Å². The molecule has 210 valence electrons. The number of carbonyl (C=O) groups is 5. The lowest BCUT2D eigenvalue weighted by Crippen LogP contribution is -2.58. The number of rotatable bonds is 18. The number of aliphatic hydroxyl groups excluding tert-OH is 1. The number of amides is 4. The molecule has 0 aliphatic rings. The molecule has 17 N–H and O–H groups in total. The fourth-order valence-corrected chi connectivity index (χ4v) is 2.84. The molecular formula is C19H37N11O7. The second-order valence-electron chi connectivity index (χ2n) is 7.88. The zero-order valence-electron chi connectivity index (χ0n) is 20.3. The number of nitrogens with two attached hydrogens (primary N) is 6. The van der Waals surface area contributed by atoms with Gasteiger partial charge in [-0.05, 0) is 25.7 Å². The molecule has 0 fully saturated rings. The highest BCUT2D eigenvalue weighted by Crippen LogP contribution is 2.03. The van der Waals surface area contributed by atoms with Gasteiger partial charge in [-0.3, -0.25) is 29.2 Å². The number of nitrogens with one attached hydrogen (secondary N) is 3. The maximum Gasteiger partial charge on any atom is 0.326 e. The molecule has 0 radical (unpaired) electrons. The molecule has 4 amide bonds. The van der Waals surface area contributed by atoms with Crippen molar-refractivity contribution in [1.82, 2.24) is 16.0 Å². The minimum atomic E-state index is -1.65. The van der Waals surface area contributed by atoms with Gasteiger partial charge in [-0.25, -0.2) is 4.79 Å². The summed E-state index contributed by atoms with van der Waals surface area (Å²) in [5, 5.41) is 25.6. The fraction of sp³-hybridized carbons (Fsp3) is 0.632. The van der Waals surface area contributed by atoms with Gasteiger partial charge in [0.25, 0.3) is 0 Å². The van der Waals surface area contributed by atoms with E-state index < -0.39 is 66.8 Å². The van der Waals surface area contributed by atoms with Crippen LogP contribution in [0.3, 0.4) is 0 Å². The molecule has 18 heteroatoms. The third-order valence-corrected chi connectivity index (χ3v) is 4.72. The van der Waals surface area contributed by atoms with E-state index in [4.69, 9.17) is 34.4 Å². The topological polar surface area (TPSA) is 343 Å². The Morgan fingerprint density at radius 2 is 1.16 bits per heavy atom. The van der Waals surface area contributed by atoms with Crippen molar-refractivity contribution in [2.45, 2.75) is 56.3 Å². The minimum Gasteiger partial charge on any atom is -0.480 e. The summed E-state index contributed by atoms with van der Waals surface area (Å²) in [5.74, 6) is -5.46. The van der Waals surface area contributed by atoms with Crippen molar-refractivity contribution in [3.8, 4) is 0 Å². The molecule has 0 aromatic carbocycles. The Kier molecular flexibility index (Phi) is 15.3. The van der Waals surface area contributed by atoms with Crippen LogP contribution in [0.2, 0.25) is 0 Å². The number of primary amides is 1. The van der Waals surface area contributed by atoms with Crippen molar-refractivity contribution in [1.29, 1.82) is 0 Å². The van der Waals surface area contributed by atoms with Gasteiger partial charge in [0.05, 0.1) is 19.1 Å². The summed E-state index contributed by atoms with van der Waals surface area (Å²) < 4.78 is 0. The van der Waals surface area contributed by atoms with Gasteiger partial charge >= 0.3 is 5.97 Å². The van der Waals surface area contributed by atoms with Crippen LogP contribution in [0, 0.1) is 0 Å². The van der Waals surface area contributed by atoms with Gasteiger partial charge < -0.3 is 60.6 Å². The average Bonchev–Trinajstić information content (AvgIpc) is 2.80. The van der Waals surface area contributed by atoms with Crippen LogP contribution in [0.25, 0.3) is 0 Å². The largest absolute Gasteiger partial charge is 0.480 e. The third kappa shape index (κ3) is 14.7. The first kappa shape index (κ1) is 32.8. The first-order chi connectivity index (χ1) is 17.3. The predicted molar refractivity (Wildman–Crippen MR) is 132 cm³/mol. The number of hydrogen-bond acceptors (Lipinski definition) is 9. The SMILES string of the molecule is NC(=O)CC(NC(=O)C(CCCN=C(N)N)NC(=O)C(CO)NC(=O)C(N)CCCN=C(N)N)C(=O)O. The van der Waals surface area contributed by atoms with E-state index in [2.05, 4.69) is 25.9 Å². The smallest absolute Gasteiger partial charge is 0.326 e. The number of guanidine groups is 2. The van der Waals surface area contributed by atoms with Crippen molar-refractivity contribution in [3.63, 3.8) is 0 Å². The van der Waals surface area contributed by atoms with Gasteiger partial charge in [0.1, 0.15) is 18.1 Å². The number of carboxylic acid groups (broad SMARTS) is 1. The number of nitrogens with zero attached hydrogens (tertiary/aromatic N) is 2. The van der Waals surface area contributed by atoms with E-state index in [0.29, 0.717) is 6.42 Å². The first-order valence-electron chi connectivity index (χ1n) is 11.2. The number of carbonyl (C=O) groups excluding carboxylic acids is 4. The van der Waals surface area contributed by atoms with Crippen molar-refractivity contribution < 1.29 is 34.2 Å². The number of aliphatic carboxylic acids is 1. The molecule has 0 aliphatic heterocycles. The quantitative estimate of drug-likeness (QED) is 0.0447. The third-order valence-electron chi connectivity index (χ3n) is 4.72. The van der Waals surface area contributed by atoms with E-state index >= 15 is 0 Å². The van der Waals surface area contributed by atoms with E-state index in [9.17, 15) is 34.2 Å². The zero-order valence-corrected chi connectivity index (χ0v) is 20.3. The van der Waals surface area contributed by atoms with E-state index in [1.54, 1.807) is 0 Å². The van der Waals surface area contributed by atoms with E-state index in [1.807, 2.05) is 0 Å². The second-order valence-corrected chi connectivity index (χ2v) is 7.88. The standard InChI is InChI=1S/C19H37N11O7/c20-9(3-1-5-26-18(22)23)14(33)30-12(8-31)16(35)28-10(4-2-6-27-19(24)25)15(34)29-11(17(36)37)7-13(21)32/h9-12,31H,1-8,20H2,(H2,21,32)(H,28,35)(H,29,34)(H,30,33)(H,36,37)(H4,22,23,26)(H4,24,25,27). The Labute approximate surface area is 212 Å². The Morgan fingerprint density at radius 3 is 1.62 bits per heavy atom. The number of hydrogen-bond donors (Lipinski definition) is 11. The van der Waals surface area contributed by atoms with Crippen molar-refractivity contribution in [3.05, 3.63) is 0 Å². The molecule has 0 bridgehead atoms. The summed E-state index contributed by atoms with van der Waals surface area (Å²) in [6.07, 6.45) is -0.0222.